The second-order valence-corrected chi connectivity index (χ2v) is 6.32. The molecule has 0 spiro atoms. The van der Waals surface area contributed by atoms with Gasteiger partial charge in [0, 0.05) is 47.3 Å². The SMILES string of the molecule is CN(C)Cc1cc(NCc2cn[nH]c2-c2cccnc2)ccc1Cl. The Morgan fingerprint density at radius 2 is 2.04 bits per heavy atom. The minimum Gasteiger partial charge on any atom is -0.381 e. The number of rotatable bonds is 6. The van der Waals surface area contributed by atoms with Crippen molar-refractivity contribution in [3.8, 4) is 11.3 Å². The predicted octanol–water partition coefficient (Wildman–Crippen LogP) is 3.80. The monoisotopic (exact) mass is 341 g/mol. The van der Waals surface area contributed by atoms with Crippen molar-refractivity contribution in [1.82, 2.24) is 20.1 Å². The lowest BCUT2D eigenvalue weighted by Crippen LogP contribution is -2.11. The maximum atomic E-state index is 6.27. The van der Waals surface area contributed by atoms with Crippen molar-refractivity contribution in [3.63, 3.8) is 0 Å². The maximum absolute atomic E-state index is 6.27. The molecule has 0 fully saturated rings. The molecule has 2 N–H and O–H groups in total. The molecule has 5 nitrogen and oxygen atoms in total. The molecule has 3 aromatic rings. The molecule has 1 aromatic carbocycles. The van der Waals surface area contributed by atoms with Crippen molar-refractivity contribution in [1.29, 1.82) is 0 Å². The van der Waals surface area contributed by atoms with E-state index in [4.69, 9.17) is 11.6 Å². The van der Waals surface area contributed by atoms with Crippen LogP contribution in [0.15, 0.2) is 48.9 Å². The van der Waals surface area contributed by atoms with E-state index >= 15 is 0 Å². The summed E-state index contributed by atoms with van der Waals surface area (Å²) in [4.78, 5) is 6.26. The quantitative estimate of drug-likeness (QED) is 0.716. The molecule has 124 valence electrons. The number of nitrogens with zero attached hydrogens (tertiary/aromatic N) is 3. The van der Waals surface area contributed by atoms with Gasteiger partial charge in [-0.3, -0.25) is 10.1 Å². The molecule has 0 atom stereocenters. The fourth-order valence-electron chi connectivity index (χ4n) is 2.55. The van der Waals surface area contributed by atoms with Crippen molar-refractivity contribution in [3.05, 3.63) is 65.1 Å². The smallest absolute Gasteiger partial charge is 0.0715 e. The summed E-state index contributed by atoms with van der Waals surface area (Å²) in [7, 11) is 4.06. The first-order valence-electron chi connectivity index (χ1n) is 7.73. The Morgan fingerprint density at radius 1 is 1.17 bits per heavy atom. The van der Waals surface area contributed by atoms with Crippen LogP contribution in [0.3, 0.4) is 0 Å². The van der Waals surface area contributed by atoms with Gasteiger partial charge < -0.3 is 10.2 Å². The Bertz CT molecular complexity index is 798. The first-order chi connectivity index (χ1) is 11.6. The summed E-state index contributed by atoms with van der Waals surface area (Å²) in [6, 6.07) is 9.94. The first-order valence-corrected chi connectivity index (χ1v) is 8.11. The van der Waals surface area contributed by atoms with Gasteiger partial charge in [0.25, 0.3) is 0 Å². The van der Waals surface area contributed by atoms with Crippen LogP contribution in [0.1, 0.15) is 11.1 Å². The average molecular weight is 342 g/mol. The molecular formula is C18H20ClN5. The largest absolute Gasteiger partial charge is 0.381 e. The zero-order valence-corrected chi connectivity index (χ0v) is 14.5. The summed E-state index contributed by atoms with van der Waals surface area (Å²) in [5.41, 5.74) is 5.24. The highest BCUT2D eigenvalue weighted by Crippen LogP contribution is 2.24. The Hall–Kier alpha value is -2.37. The van der Waals surface area contributed by atoms with Crippen molar-refractivity contribution in [2.75, 3.05) is 19.4 Å². The Morgan fingerprint density at radius 3 is 2.79 bits per heavy atom. The van der Waals surface area contributed by atoms with Crippen LogP contribution in [0.4, 0.5) is 5.69 Å². The van der Waals surface area contributed by atoms with Gasteiger partial charge in [0.1, 0.15) is 0 Å². The van der Waals surface area contributed by atoms with Crippen LogP contribution in [0.2, 0.25) is 5.02 Å². The highest BCUT2D eigenvalue weighted by atomic mass is 35.5. The zero-order valence-electron chi connectivity index (χ0n) is 13.8. The van der Waals surface area contributed by atoms with Crippen molar-refractivity contribution < 1.29 is 0 Å². The van der Waals surface area contributed by atoms with Gasteiger partial charge in [-0.05, 0) is 50.0 Å². The van der Waals surface area contributed by atoms with Crippen molar-refractivity contribution in [2.45, 2.75) is 13.1 Å². The molecule has 0 unspecified atom stereocenters. The number of benzene rings is 1. The molecule has 0 saturated heterocycles. The molecular weight excluding hydrogens is 322 g/mol. The van der Waals surface area contributed by atoms with Crippen molar-refractivity contribution >= 4 is 17.3 Å². The number of nitrogens with one attached hydrogen (secondary N) is 2. The minimum absolute atomic E-state index is 0.670. The summed E-state index contributed by atoms with van der Waals surface area (Å²) >= 11 is 6.27. The third-order valence-electron chi connectivity index (χ3n) is 3.68. The number of hydrogen-bond acceptors (Lipinski definition) is 4. The number of H-pyrrole nitrogens is 1. The van der Waals surface area contributed by atoms with Crippen LogP contribution in [-0.4, -0.2) is 34.2 Å². The molecule has 0 aliphatic heterocycles. The summed E-state index contributed by atoms with van der Waals surface area (Å²) in [6.07, 6.45) is 5.43. The van der Waals surface area contributed by atoms with Gasteiger partial charge >= 0.3 is 0 Å². The molecule has 3 rings (SSSR count). The molecule has 0 bridgehead atoms. The standard InChI is InChI=1S/C18H20ClN5/c1-24(2)12-14-8-16(5-6-17(14)19)21-10-15-11-22-23-18(15)13-4-3-7-20-9-13/h3-9,11,21H,10,12H2,1-2H3,(H,22,23). The predicted molar refractivity (Wildman–Crippen MR) is 98.0 cm³/mol. The lowest BCUT2D eigenvalue weighted by Gasteiger charge is -2.14. The van der Waals surface area contributed by atoms with Crippen LogP contribution >= 0.6 is 11.6 Å². The van der Waals surface area contributed by atoms with Gasteiger partial charge in [-0.2, -0.15) is 5.10 Å². The maximum Gasteiger partial charge on any atom is 0.0715 e. The van der Waals surface area contributed by atoms with Gasteiger partial charge in [0.2, 0.25) is 0 Å². The van der Waals surface area contributed by atoms with Gasteiger partial charge in [-0.15, -0.1) is 0 Å². The summed E-state index contributed by atoms with van der Waals surface area (Å²) in [5.74, 6) is 0. The third kappa shape index (κ3) is 3.93. The topological polar surface area (TPSA) is 56.8 Å². The second-order valence-electron chi connectivity index (χ2n) is 5.91. The number of aromatic amines is 1. The molecule has 6 heteroatoms. The number of halogens is 1. The van der Waals surface area contributed by atoms with Gasteiger partial charge in [-0.1, -0.05) is 11.6 Å². The molecule has 0 aliphatic rings. The van der Waals surface area contributed by atoms with Gasteiger partial charge in [0.05, 0.1) is 11.9 Å². The number of hydrogen-bond donors (Lipinski definition) is 2. The Labute approximate surface area is 146 Å². The van der Waals surface area contributed by atoms with Crippen LogP contribution in [0.5, 0.6) is 0 Å². The van der Waals surface area contributed by atoms with Crippen LogP contribution in [0.25, 0.3) is 11.3 Å². The second kappa shape index (κ2) is 7.47. The third-order valence-corrected chi connectivity index (χ3v) is 4.05. The molecule has 0 radical (unpaired) electrons. The molecule has 2 aromatic heterocycles. The van der Waals surface area contributed by atoms with Gasteiger partial charge in [-0.25, -0.2) is 0 Å². The molecule has 0 saturated carbocycles. The zero-order chi connectivity index (χ0) is 16.9. The Balaban J connectivity index is 1.74. The van der Waals surface area contributed by atoms with Crippen LogP contribution < -0.4 is 5.32 Å². The Kier molecular flexibility index (Phi) is 5.13. The highest BCUT2D eigenvalue weighted by molar-refractivity contribution is 6.31. The van der Waals surface area contributed by atoms with E-state index < -0.39 is 0 Å². The van der Waals surface area contributed by atoms with Crippen LogP contribution in [0, 0.1) is 0 Å². The van der Waals surface area contributed by atoms with E-state index in [1.54, 1.807) is 6.20 Å². The first kappa shape index (κ1) is 16.5. The van der Waals surface area contributed by atoms with Gasteiger partial charge in [0.15, 0.2) is 0 Å². The lowest BCUT2D eigenvalue weighted by atomic mass is 10.1. The minimum atomic E-state index is 0.670. The molecule has 2 heterocycles. The fraction of sp³-hybridized carbons (Fsp3) is 0.222. The van der Waals surface area contributed by atoms with E-state index in [2.05, 4.69) is 31.5 Å². The highest BCUT2D eigenvalue weighted by Gasteiger charge is 2.08. The summed E-state index contributed by atoms with van der Waals surface area (Å²) in [6.45, 7) is 1.48. The van der Waals surface area contributed by atoms with E-state index in [0.717, 1.165) is 39.6 Å². The average Bonchev–Trinajstić information content (AvgIpc) is 3.04. The number of aromatic nitrogens is 3. The normalized spacial score (nSPS) is 11.0. The van der Waals surface area contributed by atoms with E-state index in [-0.39, 0.29) is 0 Å². The summed E-state index contributed by atoms with van der Waals surface area (Å²) in [5, 5.41) is 11.4. The van der Waals surface area contributed by atoms with Crippen molar-refractivity contribution in [2.24, 2.45) is 0 Å². The van der Waals surface area contributed by atoms with E-state index in [0.29, 0.717) is 6.54 Å². The van der Waals surface area contributed by atoms with E-state index in [9.17, 15) is 0 Å². The number of pyridine rings is 1. The van der Waals surface area contributed by atoms with E-state index in [1.807, 2.05) is 50.8 Å². The fourth-order valence-corrected chi connectivity index (χ4v) is 2.73. The molecule has 24 heavy (non-hydrogen) atoms. The van der Waals surface area contributed by atoms with Crippen LogP contribution in [-0.2, 0) is 13.1 Å². The molecule has 0 amide bonds. The number of anilines is 1. The van der Waals surface area contributed by atoms with E-state index in [1.165, 1.54) is 0 Å². The summed E-state index contributed by atoms with van der Waals surface area (Å²) < 4.78 is 0. The lowest BCUT2D eigenvalue weighted by molar-refractivity contribution is 0.402. The molecule has 0 aliphatic carbocycles.